The Hall–Kier alpha value is -0.236. The van der Waals surface area contributed by atoms with E-state index in [-0.39, 0.29) is 43.3 Å². The fourth-order valence-corrected chi connectivity index (χ4v) is 4.14. The Morgan fingerprint density at radius 1 is 0.864 bits per heavy atom. The van der Waals surface area contributed by atoms with Gasteiger partial charge in [0.15, 0.2) is 5.11 Å². The summed E-state index contributed by atoms with van der Waals surface area (Å²) in [7, 11) is -9.06. The molecule has 0 aliphatic heterocycles. The van der Waals surface area contributed by atoms with Crippen LogP contribution in [0.4, 0.5) is 16.4 Å². The number of hydrogen-bond donors (Lipinski definition) is 2. The summed E-state index contributed by atoms with van der Waals surface area (Å²) in [6, 6.07) is -0.523. The molecule has 11 heteroatoms. The third-order valence-electron chi connectivity index (χ3n) is 2.57. The fraction of sp³-hybridized carbons (Fsp3) is 0.909. The van der Waals surface area contributed by atoms with Gasteiger partial charge in [-0.05, 0) is 38.9 Å². The number of halogens is 4. The molecule has 0 fully saturated rings. The van der Waals surface area contributed by atoms with Crippen LogP contribution in [0.2, 0.25) is 12.1 Å². The van der Waals surface area contributed by atoms with Gasteiger partial charge in [0.05, 0.1) is 0 Å². The second-order valence-electron chi connectivity index (χ2n) is 4.53. The van der Waals surface area contributed by atoms with Crippen LogP contribution in [0.5, 0.6) is 0 Å². The molecule has 0 aromatic heterocycles. The first-order chi connectivity index (χ1) is 10.2. The summed E-state index contributed by atoms with van der Waals surface area (Å²) in [5, 5.41) is 5.81. The van der Waals surface area contributed by atoms with Crippen LogP contribution in [0.25, 0.3) is 0 Å². The van der Waals surface area contributed by atoms with Crippen molar-refractivity contribution in [3.8, 4) is 0 Å². The summed E-state index contributed by atoms with van der Waals surface area (Å²) in [4.78, 5) is 0. The summed E-state index contributed by atoms with van der Waals surface area (Å²) in [5.41, 5.74) is 0. The van der Waals surface area contributed by atoms with Gasteiger partial charge < -0.3 is 19.5 Å². The van der Waals surface area contributed by atoms with E-state index >= 15 is 0 Å². The molecule has 0 spiro atoms. The van der Waals surface area contributed by atoms with Crippen molar-refractivity contribution >= 4 is 35.3 Å². The van der Waals surface area contributed by atoms with E-state index in [1.807, 2.05) is 0 Å². The third kappa shape index (κ3) is 12.3. The lowest BCUT2D eigenvalue weighted by molar-refractivity contribution is 0.234. The molecule has 0 bridgehead atoms. The first-order valence-corrected chi connectivity index (χ1v) is 11.4. The molecule has 0 saturated carbocycles. The largest absolute Gasteiger partial charge is 0.577 e. The third-order valence-corrected chi connectivity index (χ3v) is 6.15. The van der Waals surface area contributed by atoms with Crippen molar-refractivity contribution in [3.63, 3.8) is 0 Å². The maximum Gasteiger partial charge on any atom is 0.577 e. The molecule has 0 atom stereocenters. The summed E-state index contributed by atoms with van der Waals surface area (Å²) in [6.45, 7) is 3.70. The molecule has 22 heavy (non-hydrogen) atoms. The predicted molar refractivity (Wildman–Crippen MR) is 86.6 cm³/mol. The Bertz CT molecular complexity index is 300. The molecule has 0 aliphatic rings. The predicted octanol–water partition coefficient (Wildman–Crippen LogP) is 3.06. The van der Waals surface area contributed by atoms with Crippen molar-refractivity contribution in [1.82, 2.24) is 10.6 Å². The molecule has 0 saturated heterocycles. The highest BCUT2D eigenvalue weighted by atomic mass is 32.1. The molecule has 4 nitrogen and oxygen atoms in total. The number of rotatable bonds is 12. The highest BCUT2D eigenvalue weighted by Gasteiger charge is 2.37. The maximum atomic E-state index is 13.1. The van der Waals surface area contributed by atoms with Gasteiger partial charge in [0.2, 0.25) is 0 Å². The Morgan fingerprint density at radius 2 is 1.23 bits per heavy atom. The van der Waals surface area contributed by atoms with E-state index in [9.17, 15) is 16.4 Å². The van der Waals surface area contributed by atoms with Crippen LogP contribution < -0.4 is 10.6 Å². The van der Waals surface area contributed by atoms with Gasteiger partial charge in [0.25, 0.3) is 0 Å². The van der Waals surface area contributed by atoms with Crippen molar-refractivity contribution in [1.29, 1.82) is 0 Å². The van der Waals surface area contributed by atoms with Crippen LogP contribution in [0, 0.1) is 0 Å². The van der Waals surface area contributed by atoms with Gasteiger partial charge >= 0.3 is 18.0 Å². The SMILES string of the molecule is CCO[Si](F)(F)CCCNC(=S)NCCC[Si](F)(F)OCC. The lowest BCUT2D eigenvalue weighted by Gasteiger charge is -2.14. The highest BCUT2D eigenvalue weighted by Crippen LogP contribution is 2.17. The quantitative estimate of drug-likeness (QED) is 0.179. The molecular weight excluding hydrogens is 356 g/mol. The van der Waals surface area contributed by atoms with Gasteiger partial charge in [-0.3, -0.25) is 0 Å². The highest BCUT2D eigenvalue weighted by molar-refractivity contribution is 7.80. The molecular formula is C11H24F4N2O2SSi2. The van der Waals surface area contributed by atoms with Crippen LogP contribution in [0.1, 0.15) is 26.7 Å². The van der Waals surface area contributed by atoms with E-state index in [2.05, 4.69) is 19.5 Å². The first-order valence-electron chi connectivity index (χ1n) is 7.27. The van der Waals surface area contributed by atoms with Crippen molar-refractivity contribution in [2.75, 3.05) is 26.3 Å². The second kappa shape index (κ2) is 11.3. The van der Waals surface area contributed by atoms with Crippen LogP contribution in [-0.2, 0) is 8.85 Å². The standard InChI is InChI=1S/C11H24F4N2O2SSi2/c1-3-18-21(12,13)9-5-7-16-11(20)17-8-6-10-22(14,15)19-4-2/h3-10H2,1-2H3,(H2,16,17,20). The van der Waals surface area contributed by atoms with Crippen LogP contribution in [0.3, 0.4) is 0 Å². The minimum atomic E-state index is -4.53. The molecule has 0 heterocycles. The number of hydrogen-bond acceptors (Lipinski definition) is 3. The second-order valence-corrected chi connectivity index (χ2v) is 9.07. The smallest absolute Gasteiger partial charge is 0.368 e. The van der Waals surface area contributed by atoms with Gasteiger partial charge in [-0.2, -0.15) is 0 Å². The summed E-state index contributed by atoms with van der Waals surface area (Å²) >= 11 is 4.93. The molecule has 0 aromatic rings. The van der Waals surface area contributed by atoms with Crippen LogP contribution >= 0.6 is 12.2 Å². The Labute approximate surface area is 136 Å². The average molecular weight is 381 g/mol. The van der Waals surface area contributed by atoms with Crippen LogP contribution in [0.15, 0.2) is 0 Å². The zero-order valence-corrected chi connectivity index (χ0v) is 15.7. The minimum Gasteiger partial charge on any atom is -0.368 e. The number of thiocarbonyl (C=S) groups is 1. The molecule has 0 rings (SSSR count). The van der Waals surface area contributed by atoms with E-state index < -0.39 is 18.0 Å². The lowest BCUT2D eigenvalue weighted by Crippen LogP contribution is -2.38. The molecule has 2 N–H and O–H groups in total. The molecule has 0 unspecified atom stereocenters. The Kier molecular flexibility index (Phi) is 11.2. The summed E-state index contributed by atoms with van der Waals surface area (Å²) in [5.74, 6) is 0. The van der Waals surface area contributed by atoms with E-state index in [0.29, 0.717) is 13.1 Å². The van der Waals surface area contributed by atoms with Gasteiger partial charge in [-0.1, -0.05) is 0 Å². The van der Waals surface area contributed by atoms with Crippen LogP contribution in [-0.4, -0.2) is 49.4 Å². The minimum absolute atomic E-state index is 0.0162. The molecule has 0 aliphatic carbocycles. The maximum absolute atomic E-state index is 13.1. The fourth-order valence-electron chi connectivity index (χ4n) is 1.62. The topological polar surface area (TPSA) is 42.5 Å². The van der Waals surface area contributed by atoms with E-state index in [1.165, 1.54) is 13.8 Å². The molecule has 132 valence electrons. The average Bonchev–Trinajstić information content (AvgIpc) is 2.40. The molecule has 0 aromatic carbocycles. The van der Waals surface area contributed by atoms with Gasteiger partial charge in [0, 0.05) is 38.4 Å². The molecule has 0 amide bonds. The normalized spacial score (nSPS) is 12.3. The van der Waals surface area contributed by atoms with E-state index in [0.717, 1.165) is 0 Å². The van der Waals surface area contributed by atoms with Crippen molar-refractivity contribution in [2.45, 2.75) is 38.8 Å². The van der Waals surface area contributed by atoms with Gasteiger partial charge in [0.1, 0.15) is 0 Å². The molecule has 0 radical (unpaired) electrons. The van der Waals surface area contributed by atoms with E-state index in [1.54, 1.807) is 0 Å². The van der Waals surface area contributed by atoms with Crippen molar-refractivity contribution < 1.29 is 25.3 Å². The number of nitrogens with one attached hydrogen (secondary N) is 2. The van der Waals surface area contributed by atoms with Crippen molar-refractivity contribution in [2.24, 2.45) is 0 Å². The Balaban J connectivity index is 3.63. The van der Waals surface area contributed by atoms with E-state index in [4.69, 9.17) is 12.2 Å². The van der Waals surface area contributed by atoms with Gasteiger partial charge in [-0.25, -0.2) is 16.4 Å². The van der Waals surface area contributed by atoms with Crippen molar-refractivity contribution in [3.05, 3.63) is 0 Å². The van der Waals surface area contributed by atoms with Gasteiger partial charge in [-0.15, -0.1) is 0 Å². The monoisotopic (exact) mass is 380 g/mol. The zero-order valence-electron chi connectivity index (χ0n) is 12.9. The Morgan fingerprint density at radius 3 is 1.55 bits per heavy atom. The lowest BCUT2D eigenvalue weighted by atomic mass is 10.5. The zero-order chi connectivity index (χ0) is 17.1. The summed E-state index contributed by atoms with van der Waals surface area (Å²) < 4.78 is 61.4. The first kappa shape index (κ1) is 21.8. The summed E-state index contributed by atoms with van der Waals surface area (Å²) in [6.07, 6.45) is 0.493.